The Morgan fingerprint density at radius 1 is 1.16 bits per heavy atom. The molecule has 0 aliphatic heterocycles. The highest BCUT2D eigenvalue weighted by atomic mass is 35.5. The number of aromatic nitrogens is 2. The quantitative estimate of drug-likeness (QED) is 0.611. The van der Waals surface area contributed by atoms with E-state index in [-0.39, 0.29) is 12.5 Å². The molecular formula is C19H21ClN4O. The lowest BCUT2D eigenvalue weighted by Crippen LogP contribution is -2.20. The van der Waals surface area contributed by atoms with Gasteiger partial charge < -0.3 is 15.2 Å². The predicted octanol–water partition coefficient (Wildman–Crippen LogP) is 4.54. The molecule has 2 aromatic carbocycles. The van der Waals surface area contributed by atoms with Crippen LogP contribution in [0.25, 0.3) is 11.0 Å². The summed E-state index contributed by atoms with van der Waals surface area (Å²) < 4.78 is 1.90. The van der Waals surface area contributed by atoms with E-state index in [1.807, 2.05) is 41.0 Å². The number of unbranched alkanes of at least 4 members (excludes halogenated alkanes) is 1. The lowest BCUT2D eigenvalue weighted by Gasteiger charge is -2.11. The molecule has 0 atom stereocenters. The molecule has 0 saturated heterocycles. The second kappa shape index (κ2) is 8.03. The summed E-state index contributed by atoms with van der Waals surface area (Å²) in [5.74, 6) is 0.568. The fourth-order valence-electron chi connectivity index (χ4n) is 2.64. The number of benzene rings is 2. The smallest absolute Gasteiger partial charge is 0.244 e. The molecule has 0 saturated carbocycles. The summed E-state index contributed by atoms with van der Waals surface area (Å²) in [5, 5.41) is 6.71. The second-order valence-corrected chi connectivity index (χ2v) is 6.23. The highest BCUT2D eigenvalue weighted by Gasteiger charge is 2.14. The lowest BCUT2D eigenvalue weighted by molar-refractivity contribution is -0.116. The minimum Gasteiger partial charge on any atom is -0.356 e. The molecule has 1 heterocycles. The number of amides is 1. The van der Waals surface area contributed by atoms with Gasteiger partial charge in [0.15, 0.2) is 0 Å². The molecule has 0 fully saturated rings. The molecule has 1 amide bonds. The summed E-state index contributed by atoms with van der Waals surface area (Å²) >= 11 is 6.11. The van der Waals surface area contributed by atoms with Crippen LogP contribution in [0.3, 0.4) is 0 Å². The van der Waals surface area contributed by atoms with E-state index in [4.69, 9.17) is 11.6 Å². The molecule has 0 bridgehead atoms. The molecule has 2 N–H and O–H groups in total. The number of carbonyl (C=O) groups is 1. The summed E-state index contributed by atoms with van der Waals surface area (Å²) in [6, 6.07) is 15.0. The van der Waals surface area contributed by atoms with Crippen LogP contribution >= 0.6 is 11.6 Å². The highest BCUT2D eigenvalue weighted by Crippen LogP contribution is 2.22. The van der Waals surface area contributed by atoms with Crippen molar-refractivity contribution in [2.24, 2.45) is 0 Å². The Labute approximate surface area is 152 Å². The average molecular weight is 357 g/mol. The van der Waals surface area contributed by atoms with Crippen LogP contribution in [0.1, 0.15) is 19.8 Å². The molecule has 3 rings (SSSR count). The van der Waals surface area contributed by atoms with Gasteiger partial charge in [-0.2, -0.15) is 0 Å². The highest BCUT2D eigenvalue weighted by molar-refractivity contribution is 6.33. The normalized spacial score (nSPS) is 10.8. The number of hydrogen-bond donors (Lipinski definition) is 2. The number of carbonyl (C=O) groups excluding carboxylic acids is 1. The molecule has 130 valence electrons. The van der Waals surface area contributed by atoms with Gasteiger partial charge in [-0.05, 0) is 30.7 Å². The minimum absolute atomic E-state index is 0.144. The maximum absolute atomic E-state index is 12.5. The first-order valence-corrected chi connectivity index (χ1v) is 8.80. The van der Waals surface area contributed by atoms with E-state index in [0.29, 0.717) is 16.7 Å². The van der Waals surface area contributed by atoms with Gasteiger partial charge in [0.25, 0.3) is 0 Å². The van der Waals surface area contributed by atoms with Crippen LogP contribution in [0.2, 0.25) is 5.02 Å². The molecular weight excluding hydrogens is 336 g/mol. The van der Waals surface area contributed by atoms with Crippen molar-refractivity contribution in [2.45, 2.75) is 26.3 Å². The third kappa shape index (κ3) is 4.12. The minimum atomic E-state index is -0.144. The van der Waals surface area contributed by atoms with Crippen LogP contribution in [0.5, 0.6) is 0 Å². The number of halogens is 1. The van der Waals surface area contributed by atoms with Gasteiger partial charge in [-0.3, -0.25) is 4.79 Å². The Morgan fingerprint density at radius 3 is 2.72 bits per heavy atom. The SMILES string of the molecule is CCCCNc1nc2ccccc2n1CC(=O)Nc1ccccc1Cl. The molecule has 0 aliphatic rings. The van der Waals surface area contributed by atoms with Gasteiger partial charge in [-0.1, -0.05) is 49.2 Å². The number of fused-ring (bicyclic) bond motifs is 1. The summed E-state index contributed by atoms with van der Waals surface area (Å²) in [5.41, 5.74) is 2.40. The van der Waals surface area contributed by atoms with Crippen LogP contribution in [0.4, 0.5) is 11.6 Å². The number of imidazole rings is 1. The topological polar surface area (TPSA) is 59.0 Å². The Bertz CT molecular complexity index is 875. The lowest BCUT2D eigenvalue weighted by atomic mass is 10.3. The third-order valence-corrected chi connectivity index (χ3v) is 4.25. The third-order valence-electron chi connectivity index (χ3n) is 3.92. The zero-order valence-electron chi connectivity index (χ0n) is 14.1. The fourth-order valence-corrected chi connectivity index (χ4v) is 2.83. The zero-order valence-corrected chi connectivity index (χ0v) is 14.9. The molecule has 1 aromatic heterocycles. The van der Waals surface area contributed by atoms with Crippen molar-refractivity contribution in [3.63, 3.8) is 0 Å². The summed E-state index contributed by atoms with van der Waals surface area (Å²) in [7, 11) is 0. The van der Waals surface area contributed by atoms with Gasteiger partial charge in [0.05, 0.1) is 21.7 Å². The predicted molar refractivity (Wildman–Crippen MR) is 103 cm³/mol. The largest absolute Gasteiger partial charge is 0.356 e. The average Bonchev–Trinajstić information content (AvgIpc) is 2.95. The van der Waals surface area contributed by atoms with Crippen molar-refractivity contribution in [3.05, 3.63) is 53.6 Å². The van der Waals surface area contributed by atoms with Crippen LogP contribution < -0.4 is 10.6 Å². The van der Waals surface area contributed by atoms with E-state index in [1.54, 1.807) is 12.1 Å². The second-order valence-electron chi connectivity index (χ2n) is 5.82. The van der Waals surface area contributed by atoms with Crippen molar-refractivity contribution in [1.29, 1.82) is 0 Å². The number of nitrogens with one attached hydrogen (secondary N) is 2. The van der Waals surface area contributed by atoms with Gasteiger partial charge >= 0.3 is 0 Å². The van der Waals surface area contributed by atoms with Crippen LogP contribution in [0, 0.1) is 0 Å². The Hall–Kier alpha value is -2.53. The van der Waals surface area contributed by atoms with Gasteiger partial charge in [-0.25, -0.2) is 4.98 Å². The Morgan fingerprint density at radius 2 is 1.92 bits per heavy atom. The first kappa shape index (κ1) is 17.3. The molecule has 6 heteroatoms. The van der Waals surface area contributed by atoms with Crippen molar-refractivity contribution in [3.8, 4) is 0 Å². The van der Waals surface area contributed by atoms with Crippen molar-refractivity contribution in [1.82, 2.24) is 9.55 Å². The fraction of sp³-hybridized carbons (Fsp3) is 0.263. The number of anilines is 2. The molecule has 0 unspecified atom stereocenters. The number of hydrogen-bond acceptors (Lipinski definition) is 3. The van der Waals surface area contributed by atoms with E-state index in [9.17, 15) is 4.79 Å². The zero-order chi connectivity index (χ0) is 17.6. The van der Waals surface area contributed by atoms with Crippen LogP contribution in [-0.2, 0) is 11.3 Å². The maximum Gasteiger partial charge on any atom is 0.244 e. The summed E-state index contributed by atoms with van der Waals surface area (Å²) in [6.45, 7) is 3.13. The number of para-hydroxylation sites is 3. The molecule has 5 nitrogen and oxygen atoms in total. The first-order valence-electron chi connectivity index (χ1n) is 8.42. The van der Waals surface area contributed by atoms with Gasteiger partial charge in [-0.15, -0.1) is 0 Å². The van der Waals surface area contributed by atoms with Crippen LogP contribution in [-0.4, -0.2) is 22.0 Å². The van der Waals surface area contributed by atoms with Gasteiger partial charge in [0.2, 0.25) is 11.9 Å². The van der Waals surface area contributed by atoms with E-state index >= 15 is 0 Å². The monoisotopic (exact) mass is 356 g/mol. The van der Waals surface area contributed by atoms with E-state index in [0.717, 1.165) is 30.4 Å². The van der Waals surface area contributed by atoms with Crippen molar-refractivity contribution < 1.29 is 4.79 Å². The van der Waals surface area contributed by atoms with Crippen LogP contribution in [0.15, 0.2) is 48.5 Å². The standard InChI is InChI=1S/C19H21ClN4O/c1-2-3-12-21-19-23-16-10-6-7-11-17(16)24(19)13-18(25)22-15-9-5-4-8-14(15)20/h4-11H,2-3,12-13H2,1H3,(H,21,23)(H,22,25). The Kier molecular flexibility index (Phi) is 5.56. The van der Waals surface area contributed by atoms with Gasteiger partial charge in [0, 0.05) is 6.54 Å². The van der Waals surface area contributed by atoms with Crippen molar-refractivity contribution >= 4 is 40.2 Å². The van der Waals surface area contributed by atoms with E-state index in [2.05, 4.69) is 22.5 Å². The molecule has 3 aromatic rings. The molecule has 25 heavy (non-hydrogen) atoms. The van der Waals surface area contributed by atoms with E-state index < -0.39 is 0 Å². The maximum atomic E-state index is 12.5. The van der Waals surface area contributed by atoms with E-state index in [1.165, 1.54) is 0 Å². The summed E-state index contributed by atoms with van der Waals surface area (Å²) in [6.07, 6.45) is 2.15. The van der Waals surface area contributed by atoms with Gasteiger partial charge in [0.1, 0.15) is 6.54 Å². The van der Waals surface area contributed by atoms with Crippen molar-refractivity contribution in [2.75, 3.05) is 17.2 Å². The Balaban J connectivity index is 1.82. The molecule has 0 spiro atoms. The summed E-state index contributed by atoms with van der Waals surface area (Å²) in [4.78, 5) is 17.1. The first-order chi connectivity index (χ1) is 12.2. The number of rotatable bonds is 7. The molecule has 0 aliphatic carbocycles. The number of nitrogens with zero attached hydrogens (tertiary/aromatic N) is 2. The molecule has 0 radical (unpaired) electrons.